The van der Waals surface area contributed by atoms with Crippen LogP contribution in [0.4, 0.5) is 0 Å². The molecule has 1 aromatic carbocycles. The minimum Gasteiger partial charge on any atom is -0.493 e. The number of benzene rings is 1. The van der Waals surface area contributed by atoms with Gasteiger partial charge in [-0.15, -0.1) is 0 Å². The summed E-state index contributed by atoms with van der Waals surface area (Å²) in [4.78, 5) is 11.5. The van der Waals surface area contributed by atoms with Gasteiger partial charge in [0, 0.05) is 18.1 Å². The number of aliphatic hydroxyl groups is 1. The monoisotopic (exact) mass is 331 g/mol. The first-order valence-corrected chi connectivity index (χ1v) is 6.73. The van der Waals surface area contributed by atoms with E-state index < -0.39 is 6.10 Å². The lowest BCUT2D eigenvalue weighted by atomic mass is 10.3. The van der Waals surface area contributed by atoms with E-state index in [9.17, 15) is 9.90 Å². The molecule has 1 aromatic rings. The largest absolute Gasteiger partial charge is 0.493 e. The molecule has 0 aliphatic carbocycles. The molecule has 0 aromatic heterocycles. The third-order valence-electron chi connectivity index (χ3n) is 2.29. The predicted octanol–water partition coefficient (Wildman–Crippen LogP) is 1.34. The molecule has 5 nitrogen and oxygen atoms in total. The fraction of sp³-hybridized carbons (Fsp3) is 0.462. The van der Waals surface area contributed by atoms with Gasteiger partial charge in [0.1, 0.15) is 5.75 Å². The number of carbonyl (C=O) groups is 1. The summed E-state index contributed by atoms with van der Waals surface area (Å²) in [5, 5.41) is 12.0. The third kappa shape index (κ3) is 7.15. The Labute approximate surface area is 121 Å². The molecule has 19 heavy (non-hydrogen) atoms. The highest BCUT2D eigenvalue weighted by atomic mass is 79.9. The summed E-state index contributed by atoms with van der Waals surface area (Å²) in [6, 6.07) is 7.42. The fourth-order valence-electron chi connectivity index (χ4n) is 1.39. The van der Waals surface area contributed by atoms with Crippen molar-refractivity contribution in [3.8, 4) is 5.75 Å². The summed E-state index contributed by atoms with van der Waals surface area (Å²) in [5.41, 5.74) is 0. The van der Waals surface area contributed by atoms with E-state index in [1.54, 1.807) is 0 Å². The van der Waals surface area contributed by atoms with Gasteiger partial charge in [0.25, 0.3) is 0 Å². The van der Waals surface area contributed by atoms with E-state index in [1.807, 2.05) is 24.3 Å². The molecule has 2 N–H and O–H groups in total. The molecule has 0 heterocycles. The number of halogens is 1. The van der Waals surface area contributed by atoms with Gasteiger partial charge in [-0.3, -0.25) is 4.79 Å². The number of ether oxygens (including phenoxy) is 2. The molecule has 0 saturated carbocycles. The maximum absolute atomic E-state index is 11.5. The van der Waals surface area contributed by atoms with Crippen molar-refractivity contribution < 1.29 is 19.4 Å². The van der Waals surface area contributed by atoms with Gasteiger partial charge in [-0.1, -0.05) is 22.0 Å². The molecule has 6 heteroatoms. The first kappa shape index (κ1) is 15.9. The molecule has 1 atom stereocenters. The van der Waals surface area contributed by atoms with Crippen LogP contribution in [0.5, 0.6) is 5.75 Å². The second-order valence-corrected chi connectivity index (χ2v) is 4.88. The van der Waals surface area contributed by atoms with Gasteiger partial charge >= 0.3 is 0 Å². The Morgan fingerprint density at radius 3 is 3.00 bits per heavy atom. The first-order chi connectivity index (χ1) is 9.11. The van der Waals surface area contributed by atoms with Gasteiger partial charge in [0.15, 0.2) is 0 Å². The number of carbonyl (C=O) groups excluding carboxylic acids is 1. The highest BCUT2D eigenvalue weighted by Gasteiger charge is 2.06. The molecule has 0 saturated heterocycles. The van der Waals surface area contributed by atoms with Crippen LogP contribution in [0.15, 0.2) is 28.7 Å². The second-order valence-electron chi connectivity index (χ2n) is 3.97. The summed E-state index contributed by atoms with van der Waals surface area (Å²) in [6.45, 7) is 0.682. The standard InChI is InChI=1S/C13H18BrNO4/c1-18-9-11(16)8-15-13(17)5-6-19-12-4-2-3-10(14)7-12/h2-4,7,11,16H,5-6,8-9H2,1H3,(H,15,17). The molecule has 0 spiro atoms. The second kappa shape index (κ2) is 8.90. The van der Waals surface area contributed by atoms with Crippen LogP contribution in [0, 0.1) is 0 Å². The maximum atomic E-state index is 11.5. The van der Waals surface area contributed by atoms with Gasteiger partial charge in [-0.2, -0.15) is 0 Å². The number of amides is 1. The van der Waals surface area contributed by atoms with Crippen LogP contribution in [0.1, 0.15) is 6.42 Å². The molecule has 1 amide bonds. The maximum Gasteiger partial charge on any atom is 0.223 e. The van der Waals surface area contributed by atoms with Crippen LogP contribution < -0.4 is 10.1 Å². The zero-order chi connectivity index (χ0) is 14.1. The molecular formula is C13H18BrNO4. The van der Waals surface area contributed by atoms with Crippen LogP contribution in [0.3, 0.4) is 0 Å². The number of rotatable bonds is 8. The Balaban J connectivity index is 2.17. The molecular weight excluding hydrogens is 314 g/mol. The van der Waals surface area contributed by atoms with Crippen molar-refractivity contribution in [1.82, 2.24) is 5.32 Å². The molecule has 106 valence electrons. The zero-order valence-electron chi connectivity index (χ0n) is 10.8. The number of hydrogen-bond donors (Lipinski definition) is 2. The average molecular weight is 332 g/mol. The zero-order valence-corrected chi connectivity index (χ0v) is 12.4. The summed E-state index contributed by atoms with van der Waals surface area (Å²) < 4.78 is 11.1. The predicted molar refractivity (Wildman–Crippen MR) is 75.1 cm³/mol. The highest BCUT2D eigenvalue weighted by Crippen LogP contribution is 2.17. The van der Waals surface area contributed by atoms with E-state index >= 15 is 0 Å². The topological polar surface area (TPSA) is 67.8 Å². The van der Waals surface area contributed by atoms with Crippen molar-refractivity contribution in [2.75, 3.05) is 26.9 Å². The van der Waals surface area contributed by atoms with E-state index in [-0.39, 0.29) is 25.5 Å². The summed E-state index contributed by atoms with van der Waals surface area (Å²) in [6.07, 6.45) is -0.438. The summed E-state index contributed by atoms with van der Waals surface area (Å²) >= 11 is 3.34. The molecule has 0 fully saturated rings. The van der Waals surface area contributed by atoms with Gasteiger partial charge in [0.2, 0.25) is 5.91 Å². The fourth-order valence-corrected chi connectivity index (χ4v) is 1.77. The first-order valence-electron chi connectivity index (χ1n) is 5.94. The molecule has 1 unspecified atom stereocenters. The van der Waals surface area contributed by atoms with E-state index in [0.717, 1.165) is 4.47 Å². The quantitative estimate of drug-likeness (QED) is 0.754. The summed E-state index contributed by atoms with van der Waals surface area (Å²) in [5.74, 6) is 0.548. The number of hydrogen-bond acceptors (Lipinski definition) is 4. The Bertz CT molecular complexity index is 400. The van der Waals surface area contributed by atoms with Gasteiger partial charge < -0.3 is 19.9 Å². The number of aliphatic hydroxyl groups excluding tert-OH is 1. The van der Waals surface area contributed by atoms with Crippen LogP contribution in [-0.4, -0.2) is 44.0 Å². The van der Waals surface area contributed by atoms with Crippen LogP contribution in [-0.2, 0) is 9.53 Å². The van der Waals surface area contributed by atoms with Crippen molar-refractivity contribution >= 4 is 21.8 Å². The number of methoxy groups -OCH3 is 1. The van der Waals surface area contributed by atoms with Gasteiger partial charge in [0.05, 0.1) is 25.7 Å². The number of nitrogens with one attached hydrogen (secondary N) is 1. The van der Waals surface area contributed by atoms with Crippen molar-refractivity contribution in [1.29, 1.82) is 0 Å². The van der Waals surface area contributed by atoms with Crippen LogP contribution in [0.25, 0.3) is 0 Å². The van der Waals surface area contributed by atoms with E-state index in [1.165, 1.54) is 7.11 Å². The van der Waals surface area contributed by atoms with Crippen LogP contribution in [0.2, 0.25) is 0 Å². The van der Waals surface area contributed by atoms with Crippen molar-refractivity contribution in [3.63, 3.8) is 0 Å². The molecule has 0 aliphatic rings. The molecule has 0 aliphatic heterocycles. The minimum absolute atomic E-state index is 0.162. The van der Waals surface area contributed by atoms with E-state index in [0.29, 0.717) is 12.4 Å². The molecule has 0 radical (unpaired) electrons. The highest BCUT2D eigenvalue weighted by molar-refractivity contribution is 9.10. The van der Waals surface area contributed by atoms with E-state index in [4.69, 9.17) is 9.47 Å². The van der Waals surface area contributed by atoms with Gasteiger partial charge in [-0.05, 0) is 18.2 Å². The Hall–Kier alpha value is -1.11. The van der Waals surface area contributed by atoms with Crippen molar-refractivity contribution in [3.05, 3.63) is 28.7 Å². The van der Waals surface area contributed by atoms with Gasteiger partial charge in [-0.25, -0.2) is 0 Å². The van der Waals surface area contributed by atoms with Crippen molar-refractivity contribution in [2.45, 2.75) is 12.5 Å². The Morgan fingerprint density at radius 1 is 1.53 bits per heavy atom. The minimum atomic E-state index is -0.681. The summed E-state index contributed by atoms with van der Waals surface area (Å²) in [7, 11) is 1.50. The SMILES string of the molecule is COCC(O)CNC(=O)CCOc1cccc(Br)c1. The Kier molecular flexibility index (Phi) is 7.47. The normalized spacial score (nSPS) is 11.9. The van der Waals surface area contributed by atoms with Crippen molar-refractivity contribution in [2.24, 2.45) is 0 Å². The lowest BCUT2D eigenvalue weighted by Crippen LogP contribution is -2.34. The Morgan fingerprint density at radius 2 is 2.32 bits per heavy atom. The lowest BCUT2D eigenvalue weighted by Gasteiger charge is -2.11. The lowest BCUT2D eigenvalue weighted by molar-refractivity contribution is -0.122. The van der Waals surface area contributed by atoms with Crippen LogP contribution >= 0.6 is 15.9 Å². The molecule has 1 rings (SSSR count). The smallest absolute Gasteiger partial charge is 0.223 e. The molecule has 0 bridgehead atoms. The third-order valence-corrected chi connectivity index (χ3v) is 2.78. The average Bonchev–Trinajstić information content (AvgIpc) is 2.37. The van der Waals surface area contributed by atoms with E-state index in [2.05, 4.69) is 21.2 Å².